The van der Waals surface area contributed by atoms with Crippen molar-refractivity contribution in [3.05, 3.63) is 368 Å². The Balaban J connectivity index is 0.000000139. The summed E-state index contributed by atoms with van der Waals surface area (Å²) in [5.41, 5.74) is 16.6. The number of nitrogens with one attached hydrogen (secondary N) is 6. The van der Waals surface area contributed by atoms with Crippen molar-refractivity contribution in [1.29, 1.82) is 0 Å². The van der Waals surface area contributed by atoms with Crippen LogP contribution in [0.4, 0.5) is 0 Å². The Morgan fingerprint density at radius 1 is 0.452 bits per heavy atom. The first-order valence-electron chi connectivity index (χ1n) is 40.1. The van der Waals surface area contributed by atoms with E-state index in [1.807, 2.05) is 98.0 Å². The number of amides is 7. The second-order valence-corrected chi connectivity index (χ2v) is 29.9. The van der Waals surface area contributed by atoms with Crippen LogP contribution in [0.15, 0.2) is 273 Å². The molecular weight excluding hydrogens is 1610 g/mol. The number of para-hydroxylation sites is 1. The molecule has 12 N–H and O–H groups in total. The number of aliphatic hydroxyl groups is 1. The highest BCUT2D eigenvalue weighted by molar-refractivity contribution is 6.10. The highest BCUT2D eigenvalue weighted by Crippen LogP contribution is 2.31. The van der Waals surface area contributed by atoms with Crippen molar-refractivity contribution in [2.24, 2.45) is 13.0 Å². The summed E-state index contributed by atoms with van der Waals surface area (Å²) in [6.07, 6.45) is 21.4. The minimum absolute atomic E-state index is 0.0492. The van der Waals surface area contributed by atoms with Crippen molar-refractivity contribution in [2.75, 3.05) is 6.61 Å². The Morgan fingerprint density at radius 2 is 0.921 bits per heavy atom. The topological polar surface area (TPSA) is 453 Å². The van der Waals surface area contributed by atoms with Gasteiger partial charge in [-0.2, -0.15) is 0 Å². The van der Waals surface area contributed by atoms with Crippen LogP contribution in [0.25, 0.3) is 65.3 Å². The van der Waals surface area contributed by atoms with Crippen LogP contribution in [-0.2, 0) is 44.3 Å². The summed E-state index contributed by atoms with van der Waals surface area (Å²) in [5, 5.41) is 59.6. The number of aromatic nitrogens is 6. The summed E-state index contributed by atoms with van der Waals surface area (Å²) in [4.78, 5) is 157. The number of carbonyl (C=O) groups is 8. The number of hydroxylamine groups is 5. The molecule has 14 aromatic rings. The van der Waals surface area contributed by atoms with E-state index >= 15 is 0 Å². The van der Waals surface area contributed by atoms with E-state index in [9.17, 15) is 62.3 Å². The number of carbonyl (C=O) groups excluding carboxylic acids is 8. The highest BCUT2D eigenvalue weighted by Gasteiger charge is 2.24. The predicted molar refractivity (Wildman–Crippen MR) is 470 cm³/mol. The fourth-order valence-electron chi connectivity index (χ4n) is 15.1. The van der Waals surface area contributed by atoms with E-state index in [1.54, 1.807) is 123 Å². The van der Waals surface area contributed by atoms with Gasteiger partial charge in [-0.1, -0.05) is 135 Å². The van der Waals surface area contributed by atoms with Gasteiger partial charge in [-0.15, -0.1) is 0 Å². The van der Waals surface area contributed by atoms with E-state index in [-0.39, 0.29) is 67.8 Å². The largest absolute Gasteiger partial charge is 0.388 e. The third-order valence-electron chi connectivity index (χ3n) is 21.9. The van der Waals surface area contributed by atoms with Crippen LogP contribution in [-0.4, -0.2) is 113 Å². The molecule has 0 unspecified atom stereocenters. The van der Waals surface area contributed by atoms with Crippen LogP contribution in [0.3, 0.4) is 0 Å². The SMILES string of the molecule is Cc1ccccc1Cn1ccc2ccc(C(=O)NO)cc2c1=O.Cn1cnc2ccc(C(=O)NO)cc2c1=O.O=C(CO)c1ccc2ccn(CCC3=CCc4ccccc43)c(=O)c2c1.O=C(NO)c1ccc2ccn(-c3ccccc3)c(=O)c2c1.O=C(NO)c1ccc2ccn(CCCC3CCCCC3)c(=O)c2c1.O=C1Cc2cc(C(=O)NO)ccc2C(=O)N1. The summed E-state index contributed by atoms with van der Waals surface area (Å²) in [7, 11) is 1.58. The summed E-state index contributed by atoms with van der Waals surface area (Å²) >= 11 is 0. The molecule has 0 radical (unpaired) electrons. The lowest BCUT2D eigenvalue weighted by Crippen LogP contribution is -2.37. The van der Waals surface area contributed by atoms with Gasteiger partial charge in [-0.05, 0) is 209 Å². The Morgan fingerprint density at radius 3 is 1.48 bits per heavy atom. The molecule has 0 atom stereocenters. The van der Waals surface area contributed by atoms with Crippen molar-refractivity contribution in [2.45, 2.75) is 90.8 Å². The van der Waals surface area contributed by atoms with E-state index in [0.29, 0.717) is 68.8 Å². The third kappa shape index (κ3) is 21.5. The fourth-order valence-corrected chi connectivity index (χ4v) is 15.1. The van der Waals surface area contributed by atoms with E-state index in [1.165, 1.54) is 124 Å². The summed E-state index contributed by atoms with van der Waals surface area (Å²) in [6.45, 7) is 3.22. The maximum atomic E-state index is 12.8. The number of pyridine rings is 4. The van der Waals surface area contributed by atoms with Gasteiger partial charge in [0.25, 0.3) is 63.2 Å². The average Bonchev–Trinajstić information content (AvgIpc) is 1.06. The number of Topliss-reactive ketones (excluding diaryl/α,β-unsaturated/α-hetero) is 1. The van der Waals surface area contributed by atoms with Crippen LogP contribution in [0.5, 0.6) is 0 Å². The maximum absolute atomic E-state index is 12.8. The predicted octanol–water partition coefficient (Wildman–Crippen LogP) is 10.9. The zero-order chi connectivity index (χ0) is 89.7. The number of allylic oxidation sites excluding steroid dienone is 2. The molecule has 1 aliphatic heterocycles. The van der Waals surface area contributed by atoms with Gasteiger partial charge in [0.15, 0.2) is 5.78 Å². The van der Waals surface area contributed by atoms with Crippen molar-refractivity contribution >= 4 is 107 Å². The van der Waals surface area contributed by atoms with Gasteiger partial charge in [0.2, 0.25) is 5.91 Å². The first-order chi connectivity index (χ1) is 60.9. The quantitative estimate of drug-likeness (QED) is 0.0174. The maximum Gasteiger partial charge on any atom is 0.274 e. The molecule has 2 aliphatic carbocycles. The van der Waals surface area contributed by atoms with Crippen molar-refractivity contribution in [3.8, 4) is 5.69 Å². The number of rotatable bonds is 17. The first kappa shape index (κ1) is 89.9. The second kappa shape index (κ2) is 41.9. The Hall–Kier alpha value is -15.4. The Labute approximate surface area is 717 Å². The van der Waals surface area contributed by atoms with Gasteiger partial charge in [-0.25, -0.2) is 32.4 Å². The van der Waals surface area contributed by atoms with Gasteiger partial charge < -0.3 is 23.4 Å². The van der Waals surface area contributed by atoms with Crippen molar-refractivity contribution in [1.82, 2.24) is 60.5 Å². The number of imide groups is 1. The zero-order valence-electron chi connectivity index (χ0n) is 68.3. The third-order valence-corrected chi connectivity index (χ3v) is 21.9. The molecule has 7 amide bonds. The number of aliphatic hydroxyl groups excluding tert-OH is 1. The van der Waals surface area contributed by atoms with Gasteiger partial charge in [0.05, 0.1) is 30.2 Å². The van der Waals surface area contributed by atoms with Gasteiger partial charge in [-0.3, -0.25) is 98.2 Å². The van der Waals surface area contributed by atoms with Gasteiger partial charge in [0, 0.05) is 111 Å². The molecule has 0 bridgehead atoms. The molecular formula is C95H88N12O19. The Kier molecular flexibility index (Phi) is 29.9. The lowest BCUT2D eigenvalue weighted by atomic mass is 9.86. The molecule has 31 nitrogen and oxygen atoms in total. The summed E-state index contributed by atoms with van der Waals surface area (Å²) in [5.74, 6) is -3.67. The monoisotopic (exact) mass is 1700 g/mol. The summed E-state index contributed by atoms with van der Waals surface area (Å²) in [6, 6.07) is 60.9. The number of aryl methyl sites for hydroxylation is 4. The molecule has 126 heavy (non-hydrogen) atoms. The Bertz CT molecular complexity index is 6890. The number of ketones is 1. The van der Waals surface area contributed by atoms with Crippen LogP contribution in [0, 0.1) is 12.8 Å². The number of fused-ring (bicyclic) bond motifs is 7. The number of hydrogen-bond donors (Lipinski definition) is 12. The summed E-state index contributed by atoms with van der Waals surface area (Å²) < 4.78 is 7.88. The van der Waals surface area contributed by atoms with E-state index in [2.05, 4.69) is 34.6 Å². The molecule has 3 aliphatic rings. The highest BCUT2D eigenvalue weighted by atomic mass is 16.5. The number of benzene rings is 9. The standard InChI is InChI=1S/C22H19NO3.C19H24N2O3.C18H16N2O3.C16H12N2O3.C10H9N3O3.C10H8N2O4/c24-14-21(25)18-8-7-17-10-12-23(22(26)20(17)13-18)11-9-16-6-5-15-3-1-2-4-19(15)16;22-18(20-24)16-9-8-15-10-12-21(19(23)17(15)13-16)11-4-7-14-5-2-1-3-6-14;1-12-4-2-3-5-15(12)11-20-9-8-13-6-7-14(17(21)19-23)10-16(13)18(20)22;19-15(17-21)12-7-6-11-8-9-18(16(20)14(11)10-12)13-4-2-1-3-5-13;1-13-5-11-8-3-2-6(9(14)12-16)4-7(8)10(13)15;13-8-4-6-3-5(9(14)12-16)1-2-7(6)10(15)11-8/h1-4,6-8,10,12-13,24H,5,9,11,14H2;8-10,12-14,24H,1-7,11H2,(H,20,22);2-10,23H,11H2,1H3,(H,19,21);1-10,21H,(H,17,19);2-5,16H,1H3,(H,12,14);1-3,16H,4H2,(H,12,14)(H,11,13,15). The van der Waals surface area contributed by atoms with Crippen molar-refractivity contribution in [3.63, 3.8) is 0 Å². The van der Waals surface area contributed by atoms with E-state index in [0.717, 1.165) is 63.5 Å². The zero-order valence-corrected chi connectivity index (χ0v) is 68.3. The molecule has 6 heterocycles. The average molecular weight is 1700 g/mol. The molecule has 9 aromatic carbocycles. The van der Waals surface area contributed by atoms with E-state index < -0.39 is 48.0 Å². The molecule has 5 aromatic heterocycles. The smallest absolute Gasteiger partial charge is 0.274 e. The number of nitrogens with zero attached hydrogens (tertiary/aromatic N) is 6. The van der Waals surface area contributed by atoms with Crippen LogP contribution < -0.4 is 60.5 Å². The van der Waals surface area contributed by atoms with Gasteiger partial charge >= 0.3 is 0 Å². The van der Waals surface area contributed by atoms with Crippen LogP contribution in [0.1, 0.15) is 152 Å². The number of hydrogen-bond acceptors (Lipinski definition) is 20. The molecule has 1 saturated carbocycles. The lowest BCUT2D eigenvalue weighted by molar-refractivity contribution is -0.119. The van der Waals surface area contributed by atoms with Gasteiger partial charge in [0.1, 0.15) is 6.61 Å². The minimum atomic E-state index is -0.679. The van der Waals surface area contributed by atoms with Crippen molar-refractivity contribution < 1.29 is 69.5 Å². The molecule has 0 spiro atoms. The lowest BCUT2D eigenvalue weighted by Gasteiger charge is -2.21. The fraction of sp³-hybridized carbons (Fsp3) is 0.179. The molecule has 642 valence electrons. The molecule has 1 fully saturated rings. The van der Waals surface area contributed by atoms with E-state index in [4.69, 9.17) is 31.1 Å². The first-order valence-corrected chi connectivity index (χ1v) is 40.1. The second-order valence-electron chi connectivity index (χ2n) is 29.9. The minimum Gasteiger partial charge on any atom is -0.388 e. The molecule has 0 saturated heterocycles. The normalized spacial score (nSPS) is 12.4. The van der Waals surface area contributed by atoms with Crippen LogP contribution in [0.2, 0.25) is 0 Å². The van der Waals surface area contributed by atoms with Crippen LogP contribution >= 0.6 is 0 Å². The molecule has 17 rings (SSSR count). The molecule has 31 heteroatoms.